The first-order chi connectivity index (χ1) is 7.63. The summed E-state index contributed by atoms with van der Waals surface area (Å²) < 4.78 is 0. The number of nitrogens with zero attached hydrogens (tertiary/aromatic N) is 1. The Hall–Kier alpha value is -0.120. The molecule has 2 atom stereocenters. The monoisotopic (exact) mass is 227 g/mol. The third-order valence-electron chi connectivity index (χ3n) is 3.74. The lowest BCUT2D eigenvalue weighted by Gasteiger charge is -2.30. The number of rotatable bonds is 6. The van der Waals surface area contributed by atoms with Crippen LogP contribution < -0.4 is 11.1 Å². The molecule has 96 valence electrons. The van der Waals surface area contributed by atoms with Crippen LogP contribution in [0.3, 0.4) is 0 Å². The average molecular weight is 227 g/mol. The van der Waals surface area contributed by atoms with Gasteiger partial charge in [-0.05, 0) is 51.2 Å². The standard InChI is InChI=1S/C13H29N3/c1-11(2)13(9-14)15-7-6-12-5-4-8-16(3)10-12/h11-13,15H,4-10,14H2,1-3H3. The molecule has 0 saturated carbocycles. The molecule has 0 bridgehead atoms. The van der Waals surface area contributed by atoms with Gasteiger partial charge in [0, 0.05) is 19.1 Å². The maximum Gasteiger partial charge on any atom is 0.0213 e. The van der Waals surface area contributed by atoms with Crippen LogP contribution >= 0.6 is 0 Å². The minimum absolute atomic E-state index is 0.487. The van der Waals surface area contributed by atoms with Gasteiger partial charge in [-0.15, -0.1) is 0 Å². The molecule has 0 aliphatic carbocycles. The summed E-state index contributed by atoms with van der Waals surface area (Å²) in [5, 5.41) is 3.59. The van der Waals surface area contributed by atoms with E-state index in [4.69, 9.17) is 5.73 Å². The first-order valence-electron chi connectivity index (χ1n) is 6.75. The van der Waals surface area contributed by atoms with Gasteiger partial charge in [0.1, 0.15) is 0 Å². The Bertz CT molecular complexity index is 182. The molecule has 16 heavy (non-hydrogen) atoms. The van der Waals surface area contributed by atoms with E-state index in [2.05, 4.69) is 31.1 Å². The van der Waals surface area contributed by atoms with Gasteiger partial charge in [-0.3, -0.25) is 0 Å². The first kappa shape index (κ1) is 13.9. The lowest BCUT2D eigenvalue weighted by atomic mass is 9.95. The third-order valence-corrected chi connectivity index (χ3v) is 3.74. The predicted molar refractivity (Wildman–Crippen MR) is 70.5 cm³/mol. The number of nitrogens with two attached hydrogens (primary N) is 1. The number of hydrogen-bond acceptors (Lipinski definition) is 3. The number of likely N-dealkylation sites (tertiary alicyclic amines) is 1. The van der Waals surface area contributed by atoms with E-state index in [-0.39, 0.29) is 0 Å². The Morgan fingerprint density at radius 2 is 2.19 bits per heavy atom. The van der Waals surface area contributed by atoms with E-state index in [9.17, 15) is 0 Å². The van der Waals surface area contributed by atoms with Crippen molar-refractivity contribution in [2.45, 2.75) is 39.2 Å². The van der Waals surface area contributed by atoms with Gasteiger partial charge in [-0.2, -0.15) is 0 Å². The molecule has 0 aromatic heterocycles. The fourth-order valence-corrected chi connectivity index (χ4v) is 2.57. The van der Waals surface area contributed by atoms with Crippen LogP contribution in [-0.2, 0) is 0 Å². The normalized spacial score (nSPS) is 24.9. The van der Waals surface area contributed by atoms with Crippen molar-refractivity contribution in [3.8, 4) is 0 Å². The Labute approximate surface area is 101 Å². The summed E-state index contributed by atoms with van der Waals surface area (Å²) in [5.74, 6) is 1.52. The van der Waals surface area contributed by atoms with Crippen molar-refractivity contribution in [1.82, 2.24) is 10.2 Å². The number of piperidine rings is 1. The van der Waals surface area contributed by atoms with Crippen LogP contribution in [0.4, 0.5) is 0 Å². The molecule has 0 aromatic rings. The summed E-state index contributed by atoms with van der Waals surface area (Å²) in [4.78, 5) is 2.46. The van der Waals surface area contributed by atoms with Crippen LogP contribution in [-0.4, -0.2) is 44.2 Å². The third kappa shape index (κ3) is 4.81. The zero-order valence-electron chi connectivity index (χ0n) is 11.2. The van der Waals surface area contributed by atoms with Crippen molar-refractivity contribution in [3.05, 3.63) is 0 Å². The summed E-state index contributed by atoms with van der Waals surface area (Å²) in [6.07, 6.45) is 4.07. The second-order valence-electron chi connectivity index (χ2n) is 5.60. The van der Waals surface area contributed by atoms with Gasteiger partial charge < -0.3 is 16.0 Å². The van der Waals surface area contributed by atoms with E-state index in [0.29, 0.717) is 12.0 Å². The van der Waals surface area contributed by atoms with Crippen molar-refractivity contribution in [1.29, 1.82) is 0 Å². The highest BCUT2D eigenvalue weighted by molar-refractivity contribution is 4.75. The van der Waals surface area contributed by atoms with Gasteiger partial charge in [0.25, 0.3) is 0 Å². The maximum absolute atomic E-state index is 5.74. The van der Waals surface area contributed by atoms with E-state index in [1.807, 2.05) is 0 Å². The Morgan fingerprint density at radius 1 is 1.44 bits per heavy atom. The van der Waals surface area contributed by atoms with Gasteiger partial charge in [0.2, 0.25) is 0 Å². The lowest BCUT2D eigenvalue weighted by Crippen LogP contribution is -2.42. The minimum Gasteiger partial charge on any atom is -0.329 e. The second kappa shape index (κ2) is 7.25. The predicted octanol–water partition coefficient (Wildman–Crippen LogP) is 1.29. The highest BCUT2D eigenvalue weighted by Crippen LogP contribution is 2.17. The van der Waals surface area contributed by atoms with Crippen LogP contribution in [0, 0.1) is 11.8 Å². The van der Waals surface area contributed by atoms with Crippen molar-refractivity contribution in [2.24, 2.45) is 17.6 Å². The molecule has 2 unspecified atom stereocenters. The van der Waals surface area contributed by atoms with Gasteiger partial charge in [-0.25, -0.2) is 0 Å². The summed E-state index contributed by atoms with van der Waals surface area (Å²) in [7, 11) is 2.23. The molecule has 3 N–H and O–H groups in total. The molecule has 1 heterocycles. The highest BCUT2D eigenvalue weighted by atomic mass is 15.1. The average Bonchev–Trinajstić information content (AvgIpc) is 2.24. The fourth-order valence-electron chi connectivity index (χ4n) is 2.57. The van der Waals surface area contributed by atoms with E-state index >= 15 is 0 Å². The number of hydrogen-bond donors (Lipinski definition) is 2. The first-order valence-corrected chi connectivity index (χ1v) is 6.75. The topological polar surface area (TPSA) is 41.3 Å². The Kier molecular flexibility index (Phi) is 6.32. The molecular weight excluding hydrogens is 198 g/mol. The van der Waals surface area contributed by atoms with E-state index in [1.54, 1.807) is 0 Å². The number of nitrogens with one attached hydrogen (secondary N) is 1. The van der Waals surface area contributed by atoms with Crippen molar-refractivity contribution >= 4 is 0 Å². The summed E-state index contributed by atoms with van der Waals surface area (Å²) in [5.41, 5.74) is 5.74. The van der Waals surface area contributed by atoms with Gasteiger partial charge in [0.15, 0.2) is 0 Å². The van der Waals surface area contributed by atoms with Crippen LogP contribution in [0.5, 0.6) is 0 Å². The van der Waals surface area contributed by atoms with E-state index in [1.165, 1.54) is 32.4 Å². The quantitative estimate of drug-likeness (QED) is 0.718. The smallest absolute Gasteiger partial charge is 0.0213 e. The van der Waals surface area contributed by atoms with Crippen molar-refractivity contribution in [2.75, 3.05) is 33.2 Å². The van der Waals surface area contributed by atoms with Gasteiger partial charge >= 0.3 is 0 Å². The molecule has 3 heteroatoms. The SMILES string of the molecule is CC(C)C(CN)NCCC1CCCN(C)C1. The van der Waals surface area contributed by atoms with Crippen LogP contribution in [0.25, 0.3) is 0 Å². The van der Waals surface area contributed by atoms with E-state index < -0.39 is 0 Å². The second-order valence-corrected chi connectivity index (χ2v) is 5.60. The molecule has 0 aromatic carbocycles. The Balaban J connectivity index is 2.14. The molecule has 0 spiro atoms. The molecule has 3 nitrogen and oxygen atoms in total. The zero-order valence-corrected chi connectivity index (χ0v) is 11.2. The van der Waals surface area contributed by atoms with Gasteiger partial charge in [0.05, 0.1) is 0 Å². The highest BCUT2D eigenvalue weighted by Gasteiger charge is 2.17. The van der Waals surface area contributed by atoms with E-state index in [0.717, 1.165) is 19.0 Å². The molecule has 0 amide bonds. The molecule has 1 aliphatic rings. The van der Waals surface area contributed by atoms with Crippen molar-refractivity contribution in [3.63, 3.8) is 0 Å². The maximum atomic E-state index is 5.74. The zero-order chi connectivity index (χ0) is 12.0. The summed E-state index contributed by atoms with van der Waals surface area (Å²) in [6.45, 7) is 8.90. The largest absolute Gasteiger partial charge is 0.329 e. The molecule has 1 rings (SSSR count). The molecule has 0 radical (unpaired) electrons. The fraction of sp³-hybridized carbons (Fsp3) is 1.00. The van der Waals surface area contributed by atoms with Crippen LogP contribution in [0.1, 0.15) is 33.1 Å². The summed E-state index contributed by atoms with van der Waals surface area (Å²) >= 11 is 0. The minimum atomic E-state index is 0.487. The lowest BCUT2D eigenvalue weighted by molar-refractivity contribution is 0.199. The van der Waals surface area contributed by atoms with Crippen molar-refractivity contribution < 1.29 is 0 Å². The van der Waals surface area contributed by atoms with Crippen LogP contribution in [0.15, 0.2) is 0 Å². The van der Waals surface area contributed by atoms with Gasteiger partial charge in [-0.1, -0.05) is 13.8 Å². The summed E-state index contributed by atoms with van der Waals surface area (Å²) in [6, 6.07) is 0.487. The molecular formula is C13H29N3. The Morgan fingerprint density at radius 3 is 2.75 bits per heavy atom. The van der Waals surface area contributed by atoms with Crippen LogP contribution in [0.2, 0.25) is 0 Å². The molecule has 1 fully saturated rings. The molecule has 1 aliphatic heterocycles. The molecule has 1 saturated heterocycles.